The molecular weight excluding hydrogens is 485 g/mol. The Kier molecular flexibility index (Phi) is 5.37. The second kappa shape index (κ2) is 8.36. The van der Waals surface area contributed by atoms with Crippen molar-refractivity contribution in [1.82, 2.24) is 15.5 Å². The van der Waals surface area contributed by atoms with Gasteiger partial charge in [-0.15, -0.1) is 16.4 Å². The van der Waals surface area contributed by atoms with Crippen molar-refractivity contribution in [2.45, 2.75) is 0 Å². The van der Waals surface area contributed by atoms with Crippen LogP contribution in [0.3, 0.4) is 0 Å². The van der Waals surface area contributed by atoms with Crippen LogP contribution in [0, 0.1) is 0 Å². The summed E-state index contributed by atoms with van der Waals surface area (Å²) in [4.78, 5) is 24.6. The Morgan fingerprint density at radius 1 is 1.06 bits per heavy atom. The number of halogens is 2. The van der Waals surface area contributed by atoms with Gasteiger partial charge in [0.25, 0.3) is 5.56 Å². The Labute approximate surface area is 200 Å². The fourth-order valence-electron chi connectivity index (χ4n) is 3.25. The maximum Gasteiger partial charge on any atom is 0.347 e. The average Bonchev–Trinajstić information content (AvgIpc) is 3.25. The standard InChI is InChI=1S/C22H13Cl2N5O3S/c1-11-10-25-29(22(31)26-11)14-7-16(23)20(17(24)8-14)32-19-9-15(21(30)28-27-19)12-2-3-18-13(6-12)4-5-33-18/h2-10H,1H2,(H,26,31)(H,28,30). The molecule has 164 valence electrons. The molecule has 0 fully saturated rings. The van der Waals surface area contributed by atoms with Gasteiger partial charge in [-0.3, -0.25) is 4.79 Å². The van der Waals surface area contributed by atoms with Crippen LogP contribution in [0.2, 0.25) is 10.0 Å². The monoisotopic (exact) mass is 497 g/mol. The number of amides is 2. The van der Waals surface area contributed by atoms with Crippen molar-refractivity contribution < 1.29 is 9.53 Å². The van der Waals surface area contributed by atoms with Gasteiger partial charge in [0.1, 0.15) is 0 Å². The molecule has 2 aromatic carbocycles. The Morgan fingerprint density at radius 3 is 2.61 bits per heavy atom. The van der Waals surface area contributed by atoms with Crippen LogP contribution in [0.5, 0.6) is 11.6 Å². The van der Waals surface area contributed by atoms with Gasteiger partial charge in [0.05, 0.1) is 33.2 Å². The summed E-state index contributed by atoms with van der Waals surface area (Å²) >= 11 is 14.4. The van der Waals surface area contributed by atoms with Crippen LogP contribution < -0.4 is 20.6 Å². The molecule has 0 aliphatic carbocycles. The summed E-state index contributed by atoms with van der Waals surface area (Å²) in [7, 11) is 0. The third-order valence-electron chi connectivity index (χ3n) is 4.77. The molecule has 0 unspecified atom stereocenters. The van der Waals surface area contributed by atoms with Crippen molar-refractivity contribution in [2.24, 2.45) is 5.10 Å². The van der Waals surface area contributed by atoms with Gasteiger partial charge in [0.2, 0.25) is 5.88 Å². The number of carbonyl (C=O) groups excluding carboxylic acids is 1. The van der Waals surface area contributed by atoms with E-state index in [4.69, 9.17) is 27.9 Å². The lowest BCUT2D eigenvalue weighted by Gasteiger charge is -2.22. The zero-order valence-corrected chi connectivity index (χ0v) is 19.0. The number of allylic oxidation sites excluding steroid dienone is 1. The number of hydrogen-bond donors (Lipinski definition) is 2. The van der Waals surface area contributed by atoms with E-state index in [1.165, 1.54) is 24.4 Å². The van der Waals surface area contributed by atoms with Crippen molar-refractivity contribution in [1.29, 1.82) is 0 Å². The summed E-state index contributed by atoms with van der Waals surface area (Å²) in [6.45, 7) is 3.62. The van der Waals surface area contributed by atoms with Gasteiger partial charge in [-0.1, -0.05) is 35.8 Å². The summed E-state index contributed by atoms with van der Waals surface area (Å²) in [6, 6.07) is 11.7. The molecule has 4 aromatic rings. The van der Waals surface area contributed by atoms with Gasteiger partial charge in [-0.25, -0.2) is 9.89 Å². The first kappa shape index (κ1) is 21.2. The highest BCUT2D eigenvalue weighted by atomic mass is 35.5. The maximum absolute atomic E-state index is 12.4. The lowest BCUT2D eigenvalue weighted by molar-refractivity contribution is 0.248. The van der Waals surface area contributed by atoms with Crippen LogP contribution in [-0.4, -0.2) is 22.4 Å². The van der Waals surface area contributed by atoms with Crippen LogP contribution >= 0.6 is 34.5 Å². The number of aromatic nitrogens is 2. The predicted molar refractivity (Wildman–Crippen MR) is 131 cm³/mol. The zero-order chi connectivity index (χ0) is 23.1. The summed E-state index contributed by atoms with van der Waals surface area (Å²) < 4.78 is 6.92. The second-order valence-electron chi connectivity index (χ2n) is 6.97. The number of fused-ring (bicyclic) bond motifs is 1. The van der Waals surface area contributed by atoms with Crippen molar-refractivity contribution in [2.75, 3.05) is 5.01 Å². The SMILES string of the molecule is C=C1C=NN(c2cc(Cl)c(Oc3cc(-c4ccc5sccc5c4)c(=O)[nH]n3)c(Cl)c2)C(=O)N1. The normalized spacial score (nSPS) is 13.5. The number of carbonyl (C=O) groups is 1. The predicted octanol–water partition coefficient (Wildman–Crippen LogP) is 5.78. The number of anilines is 1. The van der Waals surface area contributed by atoms with Gasteiger partial charge >= 0.3 is 6.03 Å². The van der Waals surface area contributed by atoms with Crippen molar-refractivity contribution in [3.63, 3.8) is 0 Å². The number of thiophene rings is 1. The van der Waals surface area contributed by atoms with Gasteiger partial charge in [-0.2, -0.15) is 10.1 Å². The maximum atomic E-state index is 12.4. The first-order valence-electron chi connectivity index (χ1n) is 9.47. The van der Waals surface area contributed by atoms with Crippen LogP contribution in [0.4, 0.5) is 10.5 Å². The van der Waals surface area contributed by atoms with E-state index in [0.717, 1.165) is 20.7 Å². The largest absolute Gasteiger partial charge is 0.434 e. The molecule has 0 radical (unpaired) electrons. The summed E-state index contributed by atoms with van der Waals surface area (Å²) in [6.07, 6.45) is 1.40. The van der Waals surface area contributed by atoms with E-state index in [1.54, 1.807) is 11.3 Å². The molecule has 1 aliphatic rings. The summed E-state index contributed by atoms with van der Waals surface area (Å²) in [5.74, 6) is 0.211. The van der Waals surface area contributed by atoms with Crippen LogP contribution in [0.15, 0.2) is 70.0 Å². The summed E-state index contributed by atoms with van der Waals surface area (Å²) in [5, 5.41) is 17.3. The third kappa shape index (κ3) is 4.09. The first-order valence-corrected chi connectivity index (χ1v) is 11.1. The third-order valence-corrected chi connectivity index (χ3v) is 6.23. The topological polar surface area (TPSA) is 99.7 Å². The molecule has 2 aromatic heterocycles. The molecule has 0 spiro atoms. The molecule has 0 saturated heterocycles. The van der Waals surface area contributed by atoms with Crippen LogP contribution in [0.1, 0.15) is 0 Å². The molecule has 2 amide bonds. The molecule has 2 N–H and O–H groups in total. The molecule has 33 heavy (non-hydrogen) atoms. The number of nitrogens with one attached hydrogen (secondary N) is 2. The van der Waals surface area contributed by atoms with E-state index in [-0.39, 0.29) is 27.2 Å². The lowest BCUT2D eigenvalue weighted by Crippen LogP contribution is -2.40. The molecule has 5 rings (SSSR count). The summed E-state index contributed by atoms with van der Waals surface area (Å²) in [5.41, 5.74) is 1.44. The highest BCUT2D eigenvalue weighted by Crippen LogP contribution is 2.40. The molecule has 3 heterocycles. The number of rotatable bonds is 4. The number of nitrogens with zero attached hydrogens (tertiary/aromatic N) is 3. The number of ether oxygens (including phenoxy) is 1. The highest BCUT2D eigenvalue weighted by molar-refractivity contribution is 7.17. The molecule has 0 atom stereocenters. The fraction of sp³-hybridized carbons (Fsp3) is 0. The van der Waals surface area contributed by atoms with E-state index < -0.39 is 6.03 Å². The number of H-pyrrole nitrogens is 1. The minimum Gasteiger partial charge on any atom is -0.434 e. The lowest BCUT2D eigenvalue weighted by atomic mass is 10.1. The van der Waals surface area contributed by atoms with E-state index in [0.29, 0.717) is 16.9 Å². The van der Waals surface area contributed by atoms with E-state index in [2.05, 4.69) is 27.2 Å². The molecule has 0 saturated carbocycles. The minimum absolute atomic E-state index is 0.0941. The minimum atomic E-state index is -0.502. The number of urea groups is 1. The Bertz CT molecular complexity index is 1500. The van der Waals surface area contributed by atoms with Gasteiger partial charge in [0.15, 0.2) is 5.75 Å². The molecular formula is C22H13Cl2N5O3S. The van der Waals surface area contributed by atoms with Crippen molar-refractivity contribution in [3.05, 3.63) is 80.5 Å². The fourth-order valence-corrected chi connectivity index (χ4v) is 4.57. The van der Waals surface area contributed by atoms with Gasteiger partial charge in [-0.05, 0) is 46.7 Å². The van der Waals surface area contributed by atoms with Crippen LogP contribution in [0.25, 0.3) is 21.2 Å². The molecule has 0 bridgehead atoms. The Balaban J connectivity index is 1.47. The number of hydrogen-bond acceptors (Lipinski definition) is 6. The van der Waals surface area contributed by atoms with Gasteiger partial charge < -0.3 is 10.1 Å². The van der Waals surface area contributed by atoms with E-state index >= 15 is 0 Å². The molecule has 1 aliphatic heterocycles. The zero-order valence-electron chi connectivity index (χ0n) is 16.6. The molecule has 11 heteroatoms. The molecule has 8 nitrogen and oxygen atoms in total. The number of aromatic amines is 1. The van der Waals surface area contributed by atoms with E-state index in [1.807, 2.05) is 29.6 Å². The van der Waals surface area contributed by atoms with E-state index in [9.17, 15) is 9.59 Å². The number of hydrazone groups is 1. The van der Waals surface area contributed by atoms with Crippen molar-refractivity contribution >= 4 is 62.6 Å². The Hall–Kier alpha value is -3.66. The van der Waals surface area contributed by atoms with Crippen molar-refractivity contribution in [3.8, 4) is 22.8 Å². The Morgan fingerprint density at radius 2 is 1.85 bits per heavy atom. The second-order valence-corrected chi connectivity index (χ2v) is 8.74. The van der Waals surface area contributed by atoms with Crippen LogP contribution in [-0.2, 0) is 0 Å². The average molecular weight is 498 g/mol. The number of benzene rings is 2. The first-order chi connectivity index (χ1) is 15.9. The quantitative estimate of drug-likeness (QED) is 0.373. The highest BCUT2D eigenvalue weighted by Gasteiger charge is 2.22. The smallest absolute Gasteiger partial charge is 0.347 e. The van der Waals surface area contributed by atoms with Gasteiger partial charge in [0, 0.05) is 10.8 Å².